The molecule has 3 heteroatoms. The highest BCUT2D eigenvalue weighted by atomic mass is 35.5. The summed E-state index contributed by atoms with van der Waals surface area (Å²) in [5.74, 6) is -0.259. The molecule has 0 spiro atoms. The quantitative estimate of drug-likeness (QED) is 0.777. The van der Waals surface area contributed by atoms with Gasteiger partial charge in [0.15, 0.2) is 0 Å². The van der Waals surface area contributed by atoms with Crippen molar-refractivity contribution in [2.45, 2.75) is 0 Å². The SMILES string of the molecule is Oc1ccc(-c2ccccc2F)c(Cl)c1. The fourth-order valence-electron chi connectivity index (χ4n) is 1.40. The van der Waals surface area contributed by atoms with E-state index in [9.17, 15) is 9.50 Å². The molecule has 2 aromatic rings. The van der Waals surface area contributed by atoms with Gasteiger partial charge in [0, 0.05) is 11.1 Å². The molecule has 0 fully saturated rings. The predicted molar refractivity (Wildman–Crippen MR) is 58.5 cm³/mol. The van der Waals surface area contributed by atoms with Gasteiger partial charge in [-0.3, -0.25) is 0 Å². The van der Waals surface area contributed by atoms with Crippen molar-refractivity contribution >= 4 is 11.6 Å². The highest BCUT2D eigenvalue weighted by Crippen LogP contribution is 2.31. The van der Waals surface area contributed by atoms with Gasteiger partial charge in [-0.05, 0) is 24.3 Å². The summed E-state index contributed by atoms with van der Waals surface area (Å²) in [7, 11) is 0. The molecule has 0 saturated carbocycles. The Morgan fingerprint density at radius 3 is 2.40 bits per heavy atom. The van der Waals surface area contributed by atoms with Gasteiger partial charge in [0.2, 0.25) is 0 Å². The van der Waals surface area contributed by atoms with Crippen LogP contribution in [0.5, 0.6) is 5.75 Å². The van der Waals surface area contributed by atoms with Crippen molar-refractivity contribution in [1.29, 1.82) is 0 Å². The normalized spacial score (nSPS) is 10.3. The molecule has 1 N–H and O–H groups in total. The van der Waals surface area contributed by atoms with E-state index in [1.807, 2.05) is 0 Å². The molecule has 0 aliphatic carbocycles. The van der Waals surface area contributed by atoms with E-state index in [4.69, 9.17) is 11.6 Å². The second-order valence-corrected chi connectivity index (χ2v) is 3.55. The molecule has 0 bridgehead atoms. The van der Waals surface area contributed by atoms with Gasteiger partial charge in [0.1, 0.15) is 11.6 Å². The smallest absolute Gasteiger partial charge is 0.131 e. The number of phenolic OH excluding ortho intramolecular Hbond substituents is 1. The van der Waals surface area contributed by atoms with Gasteiger partial charge < -0.3 is 5.11 Å². The van der Waals surface area contributed by atoms with Gasteiger partial charge >= 0.3 is 0 Å². The van der Waals surface area contributed by atoms with Crippen LogP contribution in [0.3, 0.4) is 0 Å². The van der Waals surface area contributed by atoms with Gasteiger partial charge in [0.25, 0.3) is 0 Å². The van der Waals surface area contributed by atoms with Crippen LogP contribution in [-0.2, 0) is 0 Å². The maximum Gasteiger partial charge on any atom is 0.131 e. The first kappa shape index (κ1) is 9.99. The van der Waals surface area contributed by atoms with E-state index >= 15 is 0 Å². The summed E-state index contributed by atoms with van der Waals surface area (Å²) in [6.07, 6.45) is 0. The van der Waals surface area contributed by atoms with E-state index in [1.165, 1.54) is 18.2 Å². The predicted octanol–water partition coefficient (Wildman–Crippen LogP) is 3.85. The van der Waals surface area contributed by atoms with E-state index in [0.717, 1.165) is 0 Å². The Kier molecular flexibility index (Phi) is 2.60. The van der Waals surface area contributed by atoms with E-state index < -0.39 is 0 Å². The average Bonchev–Trinajstić information content (AvgIpc) is 2.20. The molecule has 0 unspecified atom stereocenters. The zero-order valence-corrected chi connectivity index (χ0v) is 8.50. The van der Waals surface area contributed by atoms with Crippen LogP contribution in [0.15, 0.2) is 42.5 Å². The van der Waals surface area contributed by atoms with Crippen molar-refractivity contribution < 1.29 is 9.50 Å². The van der Waals surface area contributed by atoms with Crippen molar-refractivity contribution in [2.24, 2.45) is 0 Å². The van der Waals surface area contributed by atoms with Crippen LogP contribution in [0.2, 0.25) is 5.02 Å². The Morgan fingerprint density at radius 1 is 1.00 bits per heavy atom. The highest BCUT2D eigenvalue weighted by Gasteiger charge is 2.08. The Balaban J connectivity index is 2.60. The lowest BCUT2D eigenvalue weighted by molar-refractivity contribution is 0.475. The van der Waals surface area contributed by atoms with Gasteiger partial charge in [0.05, 0.1) is 5.02 Å². The van der Waals surface area contributed by atoms with Crippen LogP contribution >= 0.6 is 11.6 Å². The second kappa shape index (κ2) is 3.91. The van der Waals surface area contributed by atoms with Crippen LogP contribution in [-0.4, -0.2) is 5.11 Å². The van der Waals surface area contributed by atoms with E-state index in [-0.39, 0.29) is 11.6 Å². The fourth-order valence-corrected chi connectivity index (χ4v) is 1.68. The maximum absolute atomic E-state index is 13.4. The van der Waals surface area contributed by atoms with Crippen LogP contribution in [0.25, 0.3) is 11.1 Å². The fraction of sp³-hybridized carbons (Fsp3) is 0. The lowest BCUT2D eigenvalue weighted by Gasteiger charge is -2.05. The molecule has 0 atom stereocenters. The van der Waals surface area contributed by atoms with E-state index in [0.29, 0.717) is 16.1 Å². The highest BCUT2D eigenvalue weighted by molar-refractivity contribution is 6.33. The van der Waals surface area contributed by atoms with Crippen LogP contribution in [0, 0.1) is 5.82 Å². The third kappa shape index (κ3) is 1.95. The van der Waals surface area contributed by atoms with Crippen LogP contribution < -0.4 is 0 Å². The van der Waals surface area contributed by atoms with E-state index in [2.05, 4.69) is 0 Å². The van der Waals surface area contributed by atoms with E-state index in [1.54, 1.807) is 24.3 Å². The largest absolute Gasteiger partial charge is 0.508 e. The summed E-state index contributed by atoms with van der Waals surface area (Å²) in [4.78, 5) is 0. The van der Waals surface area contributed by atoms with Crippen molar-refractivity contribution in [3.8, 4) is 16.9 Å². The van der Waals surface area contributed by atoms with Crippen molar-refractivity contribution in [1.82, 2.24) is 0 Å². The molecule has 15 heavy (non-hydrogen) atoms. The molecule has 0 saturated heterocycles. The number of rotatable bonds is 1. The minimum absolute atomic E-state index is 0.0695. The third-order valence-electron chi connectivity index (χ3n) is 2.12. The monoisotopic (exact) mass is 222 g/mol. The molecule has 0 aromatic heterocycles. The first-order valence-electron chi connectivity index (χ1n) is 4.42. The number of hydrogen-bond acceptors (Lipinski definition) is 1. The third-order valence-corrected chi connectivity index (χ3v) is 2.43. The van der Waals surface area contributed by atoms with Crippen molar-refractivity contribution in [2.75, 3.05) is 0 Å². The van der Waals surface area contributed by atoms with Gasteiger partial charge in [-0.15, -0.1) is 0 Å². The first-order valence-corrected chi connectivity index (χ1v) is 4.79. The molecule has 2 aromatic carbocycles. The molecule has 76 valence electrons. The molecule has 2 rings (SSSR count). The molecular formula is C12H8ClFO. The molecule has 1 nitrogen and oxygen atoms in total. The van der Waals surface area contributed by atoms with Gasteiger partial charge in [-0.2, -0.15) is 0 Å². The number of benzene rings is 2. The number of aromatic hydroxyl groups is 1. The Morgan fingerprint density at radius 2 is 1.73 bits per heavy atom. The van der Waals surface area contributed by atoms with Crippen molar-refractivity contribution in [3.05, 3.63) is 53.3 Å². The van der Waals surface area contributed by atoms with Crippen LogP contribution in [0.4, 0.5) is 4.39 Å². The van der Waals surface area contributed by atoms with Crippen LogP contribution in [0.1, 0.15) is 0 Å². The molecular weight excluding hydrogens is 215 g/mol. The maximum atomic E-state index is 13.4. The van der Waals surface area contributed by atoms with Gasteiger partial charge in [-0.25, -0.2) is 4.39 Å². The summed E-state index contributed by atoms with van der Waals surface area (Å²) in [6, 6.07) is 10.8. The average molecular weight is 223 g/mol. The lowest BCUT2D eigenvalue weighted by atomic mass is 10.1. The number of halogens is 2. The van der Waals surface area contributed by atoms with Gasteiger partial charge in [-0.1, -0.05) is 29.8 Å². The Hall–Kier alpha value is -1.54. The lowest BCUT2D eigenvalue weighted by Crippen LogP contribution is -1.84. The summed E-state index contributed by atoms with van der Waals surface area (Å²) in [5.41, 5.74) is 1.01. The summed E-state index contributed by atoms with van der Waals surface area (Å²) in [6.45, 7) is 0. The minimum atomic E-state index is -0.329. The standard InChI is InChI=1S/C12H8ClFO/c13-11-7-8(15)5-6-9(11)10-3-1-2-4-12(10)14/h1-7,15H. The Labute approximate surface area is 91.8 Å². The zero-order chi connectivity index (χ0) is 10.8. The molecule has 0 heterocycles. The van der Waals surface area contributed by atoms with Crippen molar-refractivity contribution in [3.63, 3.8) is 0 Å². The first-order chi connectivity index (χ1) is 7.18. The molecule has 0 radical (unpaired) electrons. The molecule has 0 aliphatic heterocycles. The number of phenols is 1. The summed E-state index contributed by atoms with van der Waals surface area (Å²) in [5, 5.41) is 9.51. The zero-order valence-electron chi connectivity index (χ0n) is 7.74. The number of hydrogen-bond donors (Lipinski definition) is 1. The Bertz CT molecular complexity index is 497. The second-order valence-electron chi connectivity index (χ2n) is 3.14. The summed E-state index contributed by atoms with van der Waals surface area (Å²) < 4.78 is 13.4. The molecule has 0 aliphatic rings. The topological polar surface area (TPSA) is 20.2 Å². The molecule has 0 amide bonds. The minimum Gasteiger partial charge on any atom is -0.508 e. The summed E-state index contributed by atoms with van der Waals surface area (Å²) >= 11 is 5.91.